The fraction of sp³-hybridized carbons (Fsp3) is 0.312. The molecule has 5 nitrogen and oxygen atoms in total. The van der Waals surface area contributed by atoms with Gasteiger partial charge in [-0.3, -0.25) is 0 Å². The van der Waals surface area contributed by atoms with Gasteiger partial charge in [0.2, 0.25) is 5.28 Å². The Morgan fingerprint density at radius 2 is 1.95 bits per heavy atom. The molecule has 0 saturated carbocycles. The van der Waals surface area contributed by atoms with Gasteiger partial charge in [0.1, 0.15) is 11.4 Å². The summed E-state index contributed by atoms with van der Waals surface area (Å²) in [6, 6.07) is 8.74. The highest BCUT2D eigenvalue weighted by Crippen LogP contribution is 2.20. The van der Waals surface area contributed by atoms with Gasteiger partial charge in [0, 0.05) is 6.20 Å². The van der Waals surface area contributed by atoms with E-state index in [1.807, 2.05) is 0 Å². The van der Waals surface area contributed by atoms with Gasteiger partial charge < -0.3 is 10.5 Å². The number of halogens is 1. The van der Waals surface area contributed by atoms with Crippen LogP contribution < -0.4 is 5.73 Å². The molecule has 0 aliphatic heterocycles. The number of anilines is 1. The van der Waals surface area contributed by atoms with Crippen LogP contribution in [0.1, 0.15) is 34.8 Å². The Labute approximate surface area is 134 Å². The lowest BCUT2D eigenvalue weighted by Crippen LogP contribution is -2.10. The number of nitrogen functional groups attached to an aromatic ring is 1. The molecule has 0 unspecified atom stereocenters. The van der Waals surface area contributed by atoms with Crippen molar-refractivity contribution >= 4 is 23.4 Å². The number of aromatic nitrogens is 2. The second-order valence-electron chi connectivity index (χ2n) is 4.78. The summed E-state index contributed by atoms with van der Waals surface area (Å²) in [4.78, 5) is 18.4. The molecule has 1 heterocycles. The maximum absolute atomic E-state index is 11.2. The molecule has 1 aromatic carbocycles. The summed E-state index contributed by atoms with van der Waals surface area (Å²) in [5, 5.41) is 0.00514. The van der Waals surface area contributed by atoms with Gasteiger partial charge in [-0.05, 0) is 48.9 Å². The Morgan fingerprint density at radius 1 is 1.32 bits per heavy atom. The monoisotopic (exact) mass is 319 g/mol. The fourth-order valence-electron chi connectivity index (χ4n) is 2.25. The maximum Gasteiger partial charge on any atom is 0.343 e. The van der Waals surface area contributed by atoms with E-state index >= 15 is 0 Å². The van der Waals surface area contributed by atoms with Gasteiger partial charge in [0.05, 0.1) is 6.61 Å². The molecule has 22 heavy (non-hydrogen) atoms. The van der Waals surface area contributed by atoms with E-state index in [0.717, 1.165) is 0 Å². The van der Waals surface area contributed by atoms with Crippen LogP contribution in [0.5, 0.6) is 0 Å². The molecule has 0 spiro atoms. The van der Waals surface area contributed by atoms with E-state index < -0.39 is 5.97 Å². The van der Waals surface area contributed by atoms with Gasteiger partial charge in [-0.1, -0.05) is 24.3 Å². The van der Waals surface area contributed by atoms with Crippen LogP contribution in [0.25, 0.3) is 0 Å². The first-order valence-electron chi connectivity index (χ1n) is 7.13. The number of ether oxygens (including phenoxy) is 1. The summed E-state index contributed by atoms with van der Waals surface area (Å²) in [5.74, 6) is -0.518. The van der Waals surface area contributed by atoms with Crippen molar-refractivity contribution in [3.05, 3.63) is 52.4 Å². The number of fused-ring (bicyclic) bond motifs is 1. The van der Waals surface area contributed by atoms with Gasteiger partial charge >= 0.3 is 5.97 Å². The van der Waals surface area contributed by atoms with Crippen LogP contribution in [0.3, 0.4) is 0 Å². The Balaban J connectivity index is 0.000000170. The molecule has 6 heteroatoms. The third-order valence-electron chi connectivity index (χ3n) is 3.29. The van der Waals surface area contributed by atoms with Crippen molar-refractivity contribution in [2.75, 3.05) is 12.3 Å². The number of rotatable bonds is 2. The van der Waals surface area contributed by atoms with Crippen LogP contribution in [0.15, 0.2) is 30.5 Å². The van der Waals surface area contributed by atoms with Crippen LogP contribution in [0.4, 0.5) is 5.82 Å². The molecular weight excluding hydrogens is 302 g/mol. The molecule has 1 aliphatic carbocycles. The van der Waals surface area contributed by atoms with Crippen LogP contribution in [-0.2, 0) is 17.6 Å². The van der Waals surface area contributed by atoms with E-state index in [2.05, 4.69) is 34.2 Å². The minimum absolute atomic E-state index is 0.00514. The first kappa shape index (κ1) is 16.2. The second kappa shape index (κ2) is 7.75. The van der Waals surface area contributed by atoms with E-state index in [4.69, 9.17) is 22.1 Å². The van der Waals surface area contributed by atoms with Crippen molar-refractivity contribution in [2.45, 2.75) is 26.2 Å². The van der Waals surface area contributed by atoms with Crippen molar-refractivity contribution in [3.8, 4) is 0 Å². The van der Waals surface area contributed by atoms with Gasteiger partial charge in [0.15, 0.2) is 0 Å². The summed E-state index contributed by atoms with van der Waals surface area (Å²) < 4.78 is 4.71. The fourth-order valence-corrected chi connectivity index (χ4v) is 2.39. The van der Waals surface area contributed by atoms with Crippen LogP contribution in [0.2, 0.25) is 5.28 Å². The molecular formula is C16H18ClN3O2. The smallest absolute Gasteiger partial charge is 0.343 e. The van der Waals surface area contributed by atoms with E-state index in [9.17, 15) is 4.79 Å². The first-order chi connectivity index (χ1) is 10.6. The third-order valence-corrected chi connectivity index (χ3v) is 3.48. The maximum atomic E-state index is 11.2. The number of aryl methyl sites for hydroxylation is 2. The number of nitrogens with two attached hydrogens (primary N) is 1. The lowest BCUT2D eigenvalue weighted by atomic mass is 10.1. The summed E-state index contributed by atoms with van der Waals surface area (Å²) in [6.45, 7) is 1.98. The molecule has 3 rings (SSSR count). The standard InChI is InChI=1S/C9H10.C7H8ClN3O2/c1-2-5-9-7-3-6-8(9)4-1;1-2-13-6(12)4-3-10-7(8)11-5(4)9/h1-2,4-5H,3,6-7H2;3H,2H2,1H3,(H2,9,10,11). The highest BCUT2D eigenvalue weighted by atomic mass is 35.5. The average Bonchev–Trinajstić information content (AvgIpc) is 2.96. The molecule has 0 amide bonds. The number of hydrogen-bond donors (Lipinski definition) is 1. The predicted molar refractivity (Wildman–Crippen MR) is 85.9 cm³/mol. The zero-order valence-corrected chi connectivity index (χ0v) is 13.1. The normalized spacial score (nSPS) is 12.1. The molecule has 2 N–H and O–H groups in total. The molecule has 1 aliphatic rings. The topological polar surface area (TPSA) is 78.1 Å². The summed E-state index contributed by atoms with van der Waals surface area (Å²) in [5.41, 5.74) is 8.68. The minimum atomic E-state index is -0.545. The highest BCUT2D eigenvalue weighted by Gasteiger charge is 2.12. The third kappa shape index (κ3) is 4.18. The lowest BCUT2D eigenvalue weighted by molar-refractivity contribution is 0.0526. The second-order valence-corrected chi connectivity index (χ2v) is 5.12. The number of carbonyl (C=O) groups is 1. The van der Waals surface area contributed by atoms with E-state index in [1.165, 1.54) is 25.5 Å². The molecule has 0 bridgehead atoms. The quantitative estimate of drug-likeness (QED) is 0.680. The van der Waals surface area contributed by atoms with Crippen molar-refractivity contribution in [2.24, 2.45) is 0 Å². The van der Waals surface area contributed by atoms with Crippen LogP contribution in [-0.4, -0.2) is 22.5 Å². The molecule has 0 saturated heterocycles. The van der Waals surface area contributed by atoms with Crippen LogP contribution in [0, 0.1) is 0 Å². The van der Waals surface area contributed by atoms with Crippen molar-refractivity contribution in [1.29, 1.82) is 0 Å². The minimum Gasteiger partial charge on any atom is -0.462 e. The molecule has 2 aromatic rings. The number of esters is 1. The molecule has 116 valence electrons. The van der Waals surface area contributed by atoms with Crippen molar-refractivity contribution < 1.29 is 9.53 Å². The zero-order chi connectivity index (χ0) is 15.9. The summed E-state index contributed by atoms with van der Waals surface area (Å²) in [7, 11) is 0. The van der Waals surface area contributed by atoms with Gasteiger partial charge in [-0.25, -0.2) is 14.8 Å². The van der Waals surface area contributed by atoms with Crippen molar-refractivity contribution in [1.82, 2.24) is 9.97 Å². The molecule has 0 atom stereocenters. The van der Waals surface area contributed by atoms with E-state index in [1.54, 1.807) is 18.1 Å². The number of carbonyl (C=O) groups excluding carboxylic acids is 1. The highest BCUT2D eigenvalue weighted by molar-refractivity contribution is 6.28. The Hall–Kier alpha value is -2.14. The Morgan fingerprint density at radius 3 is 2.50 bits per heavy atom. The number of nitrogens with zero attached hydrogens (tertiary/aromatic N) is 2. The SMILES string of the molecule is CCOC(=O)c1cnc(Cl)nc1N.c1ccc2c(c1)CCC2. The summed E-state index contributed by atoms with van der Waals surface area (Å²) >= 11 is 5.44. The summed E-state index contributed by atoms with van der Waals surface area (Å²) in [6.07, 6.45) is 5.20. The molecule has 1 aromatic heterocycles. The molecule has 0 fully saturated rings. The van der Waals surface area contributed by atoms with Gasteiger partial charge in [-0.15, -0.1) is 0 Å². The lowest BCUT2D eigenvalue weighted by Gasteiger charge is -2.02. The largest absolute Gasteiger partial charge is 0.462 e. The van der Waals surface area contributed by atoms with E-state index in [0.29, 0.717) is 0 Å². The van der Waals surface area contributed by atoms with E-state index in [-0.39, 0.29) is 23.3 Å². The predicted octanol–water partition coefficient (Wildman–Crippen LogP) is 3.06. The number of benzene rings is 1. The Bertz CT molecular complexity index is 639. The van der Waals surface area contributed by atoms with Crippen molar-refractivity contribution in [3.63, 3.8) is 0 Å². The average molecular weight is 320 g/mol. The van der Waals surface area contributed by atoms with Gasteiger partial charge in [0.25, 0.3) is 0 Å². The molecule has 0 radical (unpaired) electrons. The van der Waals surface area contributed by atoms with Gasteiger partial charge in [-0.2, -0.15) is 0 Å². The Kier molecular flexibility index (Phi) is 5.72. The van der Waals surface area contributed by atoms with Crippen LogP contribution >= 0.6 is 11.6 Å². The zero-order valence-electron chi connectivity index (χ0n) is 12.4. The first-order valence-corrected chi connectivity index (χ1v) is 7.51. The number of hydrogen-bond acceptors (Lipinski definition) is 5.